The topological polar surface area (TPSA) is 84.6 Å². The van der Waals surface area contributed by atoms with Crippen LogP contribution in [0.5, 0.6) is 5.75 Å². The van der Waals surface area contributed by atoms with E-state index >= 15 is 0 Å². The third-order valence-corrected chi connectivity index (χ3v) is 4.32. The van der Waals surface area contributed by atoms with Gasteiger partial charge >= 0.3 is 5.69 Å². The van der Waals surface area contributed by atoms with Crippen LogP contribution in [0.1, 0.15) is 32.6 Å². The summed E-state index contributed by atoms with van der Waals surface area (Å²) in [5.74, 6) is 0.903. The zero-order valence-corrected chi connectivity index (χ0v) is 12.5. The highest BCUT2D eigenvalue weighted by Gasteiger charge is 2.33. The molecule has 0 saturated heterocycles. The molecule has 1 aromatic carbocycles. The van der Waals surface area contributed by atoms with E-state index in [1.807, 2.05) is 0 Å². The highest BCUT2D eigenvalue weighted by Crippen LogP contribution is 2.36. The first-order valence-electron chi connectivity index (χ1n) is 7.21. The summed E-state index contributed by atoms with van der Waals surface area (Å²) < 4.78 is 5.08. The maximum Gasteiger partial charge on any atom is 0.311 e. The molecule has 2 rings (SSSR count). The molecule has 0 heterocycles. The van der Waals surface area contributed by atoms with Crippen molar-refractivity contribution in [1.29, 1.82) is 0 Å². The van der Waals surface area contributed by atoms with Crippen molar-refractivity contribution < 1.29 is 14.8 Å². The van der Waals surface area contributed by atoms with Gasteiger partial charge in [0.2, 0.25) is 0 Å². The molecule has 1 aliphatic carbocycles. The Morgan fingerprint density at radius 3 is 2.67 bits per heavy atom. The maximum absolute atomic E-state index is 10.9. The van der Waals surface area contributed by atoms with Crippen LogP contribution in [0.2, 0.25) is 0 Å². The Morgan fingerprint density at radius 1 is 1.48 bits per heavy atom. The monoisotopic (exact) mass is 294 g/mol. The second-order valence-corrected chi connectivity index (χ2v) is 5.89. The van der Waals surface area contributed by atoms with Crippen molar-refractivity contribution in [2.24, 2.45) is 5.92 Å². The Hall–Kier alpha value is -1.82. The third kappa shape index (κ3) is 3.44. The van der Waals surface area contributed by atoms with Crippen molar-refractivity contribution in [3.8, 4) is 5.75 Å². The van der Waals surface area contributed by atoms with Crippen molar-refractivity contribution in [3.05, 3.63) is 28.3 Å². The molecule has 0 aliphatic heterocycles. The molecule has 1 fully saturated rings. The molecule has 1 aromatic rings. The van der Waals surface area contributed by atoms with Gasteiger partial charge < -0.3 is 15.2 Å². The zero-order valence-electron chi connectivity index (χ0n) is 12.5. The largest absolute Gasteiger partial charge is 0.490 e. The first-order valence-corrected chi connectivity index (χ1v) is 7.21. The van der Waals surface area contributed by atoms with Crippen molar-refractivity contribution in [2.45, 2.75) is 38.1 Å². The number of hydrogen-bond acceptors (Lipinski definition) is 5. The van der Waals surface area contributed by atoms with Gasteiger partial charge in [0.25, 0.3) is 0 Å². The predicted molar refractivity (Wildman–Crippen MR) is 80.7 cm³/mol. The summed E-state index contributed by atoms with van der Waals surface area (Å²) in [7, 11) is 1.41. The Bertz CT molecular complexity index is 510. The molecular formula is C15H22N2O4. The average Bonchev–Trinajstić information content (AvgIpc) is 2.49. The predicted octanol–water partition coefficient (Wildman–Crippen LogP) is 2.96. The van der Waals surface area contributed by atoms with E-state index in [2.05, 4.69) is 12.2 Å². The number of nitro groups is 1. The number of nitrogens with one attached hydrogen (secondary N) is 1. The van der Waals surface area contributed by atoms with Gasteiger partial charge in [-0.1, -0.05) is 6.92 Å². The Labute approximate surface area is 124 Å². The lowest BCUT2D eigenvalue weighted by Gasteiger charge is -2.39. The lowest BCUT2D eigenvalue weighted by Crippen LogP contribution is -2.45. The third-order valence-electron chi connectivity index (χ3n) is 4.32. The van der Waals surface area contributed by atoms with E-state index in [-0.39, 0.29) is 23.6 Å². The molecule has 0 bridgehead atoms. The zero-order chi connectivity index (χ0) is 15.5. The maximum atomic E-state index is 10.9. The van der Waals surface area contributed by atoms with Gasteiger partial charge in [-0.15, -0.1) is 0 Å². The summed E-state index contributed by atoms with van der Waals surface area (Å²) in [5, 5.41) is 24.0. The Morgan fingerprint density at radius 2 is 2.14 bits per heavy atom. The minimum Gasteiger partial charge on any atom is -0.490 e. The molecular weight excluding hydrogens is 272 g/mol. The van der Waals surface area contributed by atoms with E-state index in [1.54, 1.807) is 12.1 Å². The van der Waals surface area contributed by atoms with Gasteiger partial charge in [-0.05, 0) is 37.7 Å². The van der Waals surface area contributed by atoms with Gasteiger partial charge in [-0.3, -0.25) is 10.1 Å². The Kier molecular flexibility index (Phi) is 4.67. The molecule has 0 atom stereocenters. The minimum atomic E-state index is -0.466. The molecule has 6 heteroatoms. The molecule has 21 heavy (non-hydrogen) atoms. The summed E-state index contributed by atoms with van der Waals surface area (Å²) in [4.78, 5) is 10.4. The van der Waals surface area contributed by atoms with Crippen LogP contribution < -0.4 is 10.1 Å². The smallest absolute Gasteiger partial charge is 0.311 e. The molecule has 0 amide bonds. The summed E-state index contributed by atoms with van der Waals surface area (Å²) in [6.07, 6.45) is 3.92. The number of nitrogens with zero attached hydrogens (tertiary/aromatic N) is 1. The number of benzene rings is 1. The molecule has 0 unspecified atom stereocenters. The van der Waals surface area contributed by atoms with Crippen LogP contribution in [0, 0.1) is 16.0 Å². The van der Waals surface area contributed by atoms with Crippen LogP contribution in [-0.2, 0) is 0 Å². The van der Waals surface area contributed by atoms with Gasteiger partial charge in [0.05, 0.1) is 24.2 Å². The fourth-order valence-corrected chi connectivity index (χ4v) is 2.85. The summed E-state index contributed by atoms with van der Waals surface area (Å²) in [5.41, 5.74) is 0.340. The van der Waals surface area contributed by atoms with Crippen molar-refractivity contribution in [1.82, 2.24) is 0 Å². The number of anilines is 1. The van der Waals surface area contributed by atoms with Crippen LogP contribution in [0.4, 0.5) is 11.4 Å². The van der Waals surface area contributed by atoms with E-state index in [1.165, 1.54) is 13.2 Å². The van der Waals surface area contributed by atoms with E-state index in [4.69, 9.17) is 4.74 Å². The van der Waals surface area contributed by atoms with Gasteiger partial charge in [0, 0.05) is 17.8 Å². The number of aliphatic hydroxyl groups excluding tert-OH is 1. The molecule has 1 saturated carbocycles. The highest BCUT2D eigenvalue weighted by atomic mass is 16.6. The molecule has 0 spiro atoms. The minimum absolute atomic E-state index is 0.0546. The van der Waals surface area contributed by atoms with E-state index in [0.29, 0.717) is 5.92 Å². The van der Waals surface area contributed by atoms with Gasteiger partial charge in [0.1, 0.15) is 0 Å². The molecule has 6 nitrogen and oxygen atoms in total. The normalized spacial score (nSPS) is 25.4. The van der Waals surface area contributed by atoms with Gasteiger partial charge in [0.15, 0.2) is 5.75 Å². The molecule has 116 valence electrons. The first-order chi connectivity index (χ1) is 9.99. The fraction of sp³-hybridized carbons (Fsp3) is 0.600. The number of hydrogen-bond donors (Lipinski definition) is 2. The lowest BCUT2D eigenvalue weighted by atomic mass is 9.77. The van der Waals surface area contributed by atoms with Crippen LogP contribution in [0.25, 0.3) is 0 Å². The summed E-state index contributed by atoms with van der Waals surface area (Å²) in [6.45, 7) is 2.27. The number of rotatable bonds is 5. The van der Waals surface area contributed by atoms with E-state index in [9.17, 15) is 15.2 Å². The average molecular weight is 294 g/mol. The molecule has 0 radical (unpaired) electrons. The number of ether oxygens (including phenoxy) is 1. The van der Waals surface area contributed by atoms with E-state index < -0.39 is 4.92 Å². The number of methoxy groups -OCH3 is 1. The summed E-state index contributed by atoms with van der Waals surface area (Å²) in [6, 6.07) is 4.71. The van der Waals surface area contributed by atoms with E-state index in [0.717, 1.165) is 31.4 Å². The van der Waals surface area contributed by atoms with Crippen molar-refractivity contribution in [3.63, 3.8) is 0 Å². The van der Waals surface area contributed by atoms with Crippen molar-refractivity contribution >= 4 is 11.4 Å². The fourth-order valence-electron chi connectivity index (χ4n) is 2.85. The molecule has 0 aromatic heterocycles. The molecule has 2 N–H and O–H groups in total. The summed E-state index contributed by atoms with van der Waals surface area (Å²) >= 11 is 0. The quantitative estimate of drug-likeness (QED) is 0.644. The molecule has 1 aliphatic rings. The lowest BCUT2D eigenvalue weighted by molar-refractivity contribution is -0.385. The second-order valence-electron chi connectivity index (χ2n) is 5.89. The van der Waals surface area contributed by atoms with Gasteiger partial charge in [-0.25, -0.2) is 0 Å². The van der Waals surface area contributed by atoms with Crippen LogP contribution in [0.15, 0.2) is 18.2 Å². The second kappa shape index (κ2) is 6.30. The van der Waals surface area contributed by atoms with Crippen molar-refractivity contribution in [2.75, 3.05) is 19.0 Å². The SMILES string of the molecule is COc1cc(NC2(CO)CCC(C)CC2)ccc1[N+](=O)[O-]. The number of nitro benzene ring substituents is 1. The first kappa shape index (κ1) is 15.6. The highest BCUT2D eigenvalue weighted by molar-refractivity contribution is 5.59. The number of aliphatic hydroxyl groups is 1. The van der Waals surface area contributed by atoms with Gasteiger partial charge in [-0.2, -0.15) is 0 Å². The van der Waals surface area contributed by atoms with Crippen LogP contribution >= 0.6 is 0 Å². The Balaban J connectivity index is 2.20. The van der Waals surface area contributed by atoms with Crippen LogP contribution in [0.3, 0.4) is 0 Å². The van der Waals surface area contributed by atoms with Crippen LogP contribution in [-0.4, -0.2) is 29.3 Å². The standard InChI is InChI=1S/C15H22N2O4/c1-11-5-7-15(10-18,8-6-11)16-12-3-4-13(17(19)20)14(9-12)21-2/h3-4,9,11,16,18H,5-8,10H2,1-2H3.